The van der Waals surface area contributed by atoms with Crippen molar-refractivity contribution in [3.8, 4) is 0 Å². The van der Waals surface area contributed by atoms with Crippen molar-refractivity contribution in [2.24, 2.45) is 0 Å². The number of phosphoric acid groups is 1. The molecule has 0 aromatic carbocycles. The van der Waals surface area contributed by atoms with E-state index >= 15 is 0 Å². The summed E-state index contributed by atoms with van der Waals surface area (Å²) in [7, 11) is -4.79. The first kappa shape index (κ1) is 61.9. The number of amides is 1. The fraction of sp³-hybridized carbons (Fsp3) is 0.574. The van der Waals surface area contributed by atoms with E-state index in [1.54, 1.807) is 0 Å². The average molecular weight is 940 g/mol. The third kappa shape index (κ3) is 46.4. The summed E-state index contributed by atoms with van der Waals surface area (Å²) in [5.74, 6) is -2.49. The van der Waals surface area contributed by atoms with Gasteiger partial charge in [-0.15, -0.1) is 0 Å². The quantitative estimate of drug-likeness (QED) is 0.0200. The number of carbonyl (C=O) groups excluding carboxylic acids is 2. The molecule has 0 bridgehead atoms. The zero-order valence-corrected chi connectivity index (χ0v) is 41.3. The molecule has 66 heavy (non-hydrogen) atoms. The predicted octanol–water partition coefficient (Wildman–Crippen LogP) is 13.6. The number of allylic oxidation sites excluding steroid dienone is 20. The first-order valence-electron chi connectivity index (χ1n) is 24.6. The van der Waals surface area contributed by atoms with Crippen molar-refractivity contribution in [2.75, 3.05) is 19.8 Å². The SMILES string of the molecule is CC/C=C\C/C=C\C/C=C\C/C=C\C/C=C\C/C=C\C/C=C\CCCC(=O)NC(COP(=O)(O)OCC(O)COC(=O)CCCCCCCC/C=C\C/C=C\C/C=C\CCCCC)C(=O)O. The maximum absolute atomic E-state index is 12.3. The van der Waals surface area contributed by atoms with E-state index in [2.05, 4.69) is 129 Å². The zero-order valence-electron chi connectivity index (χ0n) is 40.4. The Morgan fingerprint density at radius 3 is 1.35 bits per heavy atom. The molecule has 0 spiro atoms. The van der Waals surface area contributed by atoms with Gasteiger partial charge in [0.2, 0.25) is 5.91 Å². The van der Waals surface area contributed by atoms with Gasteiger partial charge in [-0.05, 0) is 103 Å². The first-order valence-corrected chi connectivity index (χ1v) is 26.1. The molecule has 0 radical (unpaired) electrons. The Bertz CT molecular complexity index is 1570. The van der Waals surface area contributed by atoms with Gasteiger partial charge in [-0.1, -0.05) is 174 Å². The minimum Gasteiger partial charge on any atom is -0.480 e. The second kappa shape index (κ2) is 47.4. The number of ether oxygens (including phenoxy) is 1. The summed E-state index contributed by atoms with van der Waals surface area (Å²) in [5.41, 5.74) is 0. The number of esters is 1. The number of hydrogen-bond donors (Lipinski definition) is 4. The second-order valence-electron chi connectivity index (χ2n) is 15.9. The van der Waals surface area contributed by atoms with Crippen LogP contribution in [0, 0.1) is 0 Å². The number of aliphatic hydroxyl groups excluding tert-OH is 1. The Hall–Kier alpha value is -4.12. The molecular formula is C54H86NO10P. The van der Waals surface area contributed by atoms with E-state index in [9.17, 15) is 34.1 Å². The molecule has 372 valence electrons. The molecule has 0 aliphatic heterocycles. The number of aliphatic carboxylic acids is 1. The van der Waals surface area contributed by atoms with Gasteiger partial charge in [-0.3, -0.25) is 18.6 Å². The van der Waals surface area contributed by atoms with Crippen LogP contribution in [0.3, 0.4) is 0 Å². The van der Waals surface area contributed by atoms with E-state index in [0.29, 0.717) is 19.3 Å². The molecule has 0 aliphatic rings. The van der Waals surface area contributed by atoms with Crippen LogP contribution in [-0.4, -0.2) is 64.9 Å². The molecule has 0 saturated heterocycles. The molecule has 1 amide bonds. The van der Waals surface area contributed by atoms with Crippen LogP contribution in [0.25, 0.3) is 0 Å². The van der Waals surface area contributed by atoms with Crippen molar-refractivity contribution in [1.29, 1.82) is 0 Å². The van der Waals surface area contributed by atoms with E-state index in [1.807, 2.05) is 12.2 Å². The lowest BCUT2D eigenvalue weighted by molar-refractivity contribution is -0.147. The molecule has 12 heteroatoms. The van der Waals surface area contributed by atoms with Crippen LogP contribution in [-0.2, 0) is 32.7 Å². The number of nitrogens with one attached hydrogen (secondary N) is 1. The molecule has 0 aromatic heterocycles. The van der Waals surface area contributed by atoms with Gasteiger partial charge in [0.1, 0.15) is 12.7 Å². The van der Waals surface area contributed by atoms with Crippen LogP contribution in [0.5, 0.6) is 0 Å². The van der Waals surface area contributed by atoms with Crippen molar-refractivity contribution in [3.63, 3.8) is 0 Å². The summed E-state index contributed by atoms with van der Waals surface area (Å²) in [5, 5.41) is 21.9. The van der Waals surface area contributed by atoms with Crippen molar-refractivity contribution >= 4 is 25.7 Å². The van der Waals surface area contributed by atoms with Crippen molar-refractivity contribution in [2.45, 2.75) is 180 Å². The Morgan fingerprint density at radius 1 is 0.500 bits per heavy atom. The Balaban J connectivity index is 4.01. The fourth-order valence-corrected chi connectivity index (χ4v) is 6.73. The molecule has 0 rings (SSSR count). The number of aliphatic hydroxyl groups is 1. The minimum atomic E-state index is -4.79. The Morgan fingerprint density at radius 2 is 0.894 bits per heavy atom. The van der Waals surface area contributed by atoms with Crippen LogP contribution >= 0.6 is 7.82 Å². The lowest BCUT2D eigenvalue weighted by atomic mass is 10.1. The summed E-state index contributed by atoms with van der Waals surface area (Å²) in [6.45, 7) is 2.39. The Kier molecular flexibility index (Phi) is 44.4. The number of unbranched alkanes of at least 4 members (excludes halogenated alkanes) is 10. The largest absolute Gasteiger partial charge is 0.480 e. The molecule has 0 aromatic rings. The number of carbonyl (C=O) groups is 3. The highest BCUT2D eigenvalue weighted by Gasteiger charge is 2.28. The summed E-state index contributed by atoms with van der Waals surface area (Å²) < 4.78 is 26.9. The number of rotatable bonds is 44. The summed E-state index contributed by atoms with van der Waals surface area (Å²) in [6, 6.07) is -1.59. The minimum absolute atomic E-state index is 0.0566. The van der Waals surface area contributed by atoms with E-state index in [4.69, 9.17) is 13.8 Å². The Labute approximate surface area is 398 Å². The maximum Gasteiger partial charge on any atom is 0.472 e. The van der Waals surface area contributed by atoms with Crippen LogP contribution < -0.4 is 5.32 Å². The van der Waals surface area contributed by atoms with Gasteiger partial charge in [0, 0.05) is 12.8 Å². The van der Waals surface area contributed by atoms with Crippen molar-refractivity contribution < 1.29 is 47.8 Å². The fourth-order valence-electron chi connectivity index (χ4n) is 5.96. The number of hydrogen-bond acceptors (Lipinski definition) is 8. The van der Waals surface area contributed by atoms with Gasteiger partial charge in [-0.2, -0.15) is 0 Å². The molecule has 11 nitrogen and oxygen atoms in total. The molecular weight excluding hydrogens is 854 g/mol. The normalized spacial score (nSPS) is 14.6. The van der Waals surface area contributed by atoms with Gasteiger partial charge in [0.25, 0.3) is 0 Å². The lowest BCUT2D eigenvalue weighted by Crippen LogP contribution is -2.43. The van der Waals surface area contributed by atoms with E-state index in [1.165, 1.54) is 25.7 Å². The predicted molar refractivity (Wildman–Crippen MR) is 272 cm³/mol. The van der Waals surface area contributed by atoms with Crippen LogP contribution in [0.2, 0.25) is 0 Å². The molecule has 3 atom stereocenters. The second-order valence-corrected chi connectivity index (χ2v) is 17.4. The van der Waals surface area contributed by atoms with Gasteiger partial charge in [0.15, 0.2) is 6.04 Å². The highest BCUT2D eigenvalue weighted by Crippen LogP contribution is 2.43. The maximum atomic E-state index is 12.3. The first-order chi connectivity index (χ1) is 32.1. The van der Waals surface area contributed by atoms with Crippen LogP contribution in [0.15, 0.2) is 122 Å². The molecule has 0 aliphatic carbocycles. The molecule has 0 saturated carbocycles. The van der Waals surface area contributed by atoms with E-state index < -0.39 is 57.6 Å². The molecule has 0 fully saturated rings. The molecule has 0 heterocycles. The van der Waals surface area contributed by atoms with Gasteiger partial charge >= 0.3 is 19.8 Å². The van der Waals surface area contributed by atoms with E-state index in [-0.39, 0.29) is 12.8 Å². The third-order valence-corrected chi connectivity index (χ3v) is 10.7. The topological polar surface area (TPSA) is 169 Å². The van der Waals surface area contributed by atoms with Crippen molar-refractivity contribution in [3.05, 3.63) is 122 Å². The highest BCUT2D eigenvalue weighted by atomic mass is 31.2. The number of carboxylic acid groups (broad SMARTS) is 1. The van der Waals surface area contributed by atoms with E-state index in [0.717, 1.165) is 96.3 Å². The lowest BCUT2D eigenvalue weighted by Gasteiger charge is -2.18. The van der Waals surface area contributed by atoms with Gasteiger partial charge in [0.05, 0.1) is 13.2 Å². The number of carboxylic acids is 1. The standard InChI is InChI=1S/C54H86NO10P/c1-3-5-7-9-11-13-15-17-19-21-23-24-25-26-28-29-31-33-35-37-39-41-43-45-52(57)55-51(54(59)60)49-65-66(61,62)64-48-50(56)47-63-53(58)46-44-42-40-38-36-34-32-30-27-22-20-18-16-14-12-10-8-6-4-2/h5,7,11-14,17-20,23-24,26-28,30-31,33,37,39,50-51,56H,3-4,6,8-10,15-16,21-22,25,29,32,34-36,38,40-49H2,1-2H3,(H,55,57)(H,59,60)(H,61,62)/b7-5-,13-11-,14-12-,19-17-,20-18-,24-23-,28-26-,30-27-,33-31-,39-37-. The molecule has 3 unspecified atom stereocenters. The average Bonchev–Trinajstić information content (AvgIpc) is 3.29. The van der Waals surface area contributed by atoms with Crippen LogP contribution in [0.1, 0.15) is 168 Å². The van der Waals surface area contributed by atoms with Gasteiger partial charge in [-0.25, -0.2) is 9.36 Å². The number of phosphoric ester groups is 1. The van der Waals surface area contributed by atoms with Gasteiger partial charge < -0.3 is 25.2 Å². The molecule has 4 N–H and O–H groups in total. The third-order valence-electron chi connectivity index (χ3n) is 9.73. The summed E-state index contributed by atoms with van der Waals surface area (Å²) in [4.78, 5) is 46.1. The monoisotopic (exact) mass is 940 g/mol. The zero-order chi connectivity index (χ0) is 48.4. The highest BCUT2D eigenvalue weighted by molar-refractivity contribution is 7.47. The summed E-state index contributed by atoms with van der Waals surface area (Å²) >= 11 is 0. The van der Waals surface area contributed by atoms with Crippen LogP contribution in [0.4, 0.5) is 0 Å². The smallest absolute Gasteiger partial charge is 0.472 e. The van der Waals surface area contributed by atoms with Crippen molar-refractivity contribution in [1.82, 2.24) is 5.32 Å². The summed E-state index contributed by atoms with van der Waals surface area (Å²) in [6.07, 6.45) is 63.6.